The molecule has 0 amide bonds. The van der Waals surface area contributed by atoms with Gasteiger partial charge in [-0.2, -0.15) is 8.42 Å². The molecule has 0 aliphatic heterocycles. The smallest absolute Gasteiger partial charge is 0.298 e. The highest BCUT2D eigenvalue weighted by molar-refractivity contribution is 7.91. The summed E-state index contributed by atoms with van der Waals surface area (Å²) in [6.45, 7) is 3.77. The number of para-hydroxylation sites is 1. The fourth-order valence-corrected chi connectivity index (χ4v) is 9.41. The summed E-state index contributed by atoms with van der Waals surface area (Å²) in [5, 5.41) is 0.431. The molecule has 7 aromatic carbocycles. The van der Waals surface area contributed by atoms with Crippen molar-refractivity contribution in [1.29, 1.82) is 0 Å². The van der Waals surface area contributed by atoms with Crippen molar-refractivity contribution >= 4 is 41.4 Å². The van der Waals surface area contributed by atoms with Gasteiger partial charge in [-0.1, -0.05) is 61.8 Å². The lowest BCUT2D eigenvalue weighted by atomic mass is 9.78. The maximum Gasteiger partial charge on any atom is 0.298 e. The SMILES string of the molecule is CC(C)(c1ccc(Oc2ccc(S(=O)(=O)c3ccc(Cl)cc3)cc2)cc1)c1ccc(Oc2ccc(S(=O)(=O)c3ccc(Oc4ccccc4)cc3)cc2)c(S(=O)(=O)O)c1. The van der Waals surface area contributed by atoms with E-state index in [0.717, 1.165) is 5.56 Å². The van der Waals surface area contributed by atoms with Gasteiger partial charge in [-0.25, -0.2) is 16.8 Å². The van der Waals surface area contributed by atoms with E-state index < -0.39 is 40.1 Å². The van der Waals surface area contributed by atoms with E-state index in [4.69, 9.17) is 25.8 Å². The van der Waals surface area contributed by atoms with Gasteiger partial charge in [-0.05, 0) is 145 Å². The Bertz CT molecular complexity index is 2940. The molecule has 0 heterocycles. The molecular weight excluding hydrogens is 832 g/mol. The molecule has 0 aliphatic rings. The van der Waals surface area contributed by atoms with E-state index in [1.807, 2.05) is 44.2 Å². The number of halogens is 1. The van der Waals surface area contributed by atoms with Crippen molar-refractivity contribution in [2.45, 2.75) is 43.7 Å². The summed E-state index contributed by atoms with van der Waals surface area (Å²) in [6, 6.07) is 44.1. The van der Waals surface area contributed by atoms with Gasteiger partial charge in [-0.15, -0.1) is 0 Å². The number of rotatable bonds is 13. The predicted octanol–water partition coefficient (Wildman–Crippen LogP) is 11.0. The van der Waals surface area contributed by atoms with Crippen molar-refractivity contribution in [2.24, 2.45) is 0 Å². The van der Waals surface area contributed by atoms with Gasteiger partial charge >= 0.3 is 0 Å². The molecular formula is C45H35ClO10S3. The average molecular weight is 867 g/mol. The van der Waals surface area contributed by atoms with Crippen LogP contribution in [0.5, 0.6) is 34.5 Å². The van der Waals surface area contributed by atoms with Crippen LogP contribution in [0.15, 0.2) is 194 Å². The highest BCUT2D eigenvalue weighted by atomic mass is 35.5. The summed E-state index contributed by atoms with van der Waals surface area (Å²) < 4.78 is 106. The van der Waals surface area contributed by atoms with Crippen LogP contribution in [0, 0.1) is 0 Å². The van der Waals surface area contributed by atoms with Crippen LogP contribution in [0.4, 0.5) is 0 Å². The van der Waals surface area contributed by atoms with E-state index in [1.54, 1.807) is 54.6 Å². The average Bonchev–Trinajstić information content (AvgIpc) is 3.22. The molecule has 300 valence electrons. The van der Waals surface area contributed by atoms with Gasteiger partial charge in [0.2, 0.25) is 19.7 Å². The van der Waals surface area contributed by atoms with Crippen molar-refractivity contribution in [2.75, 3.05) is 0 Å². The number of hydrogen-bond donors (Lipinski definition) is 1. The first-order valence-corrected chi connectivity index (χ1v) is 22.7. The van der Waals surface area contributed by atoms with Gasteiger partial charge in [0.15, 0.2) is 0 Å². The zero-order valence-electron chi connectivity index (χ0n) is 31.4. The molecule has 0 saturated heterocycles. The minimum Gasteiger partial charge on any atom is -0.457 e. The van der Waals surface area contributed by atoms with Crippen LogP contribution in [0.25, 0.3) is 0 Å². The minimum absolute atomic E-state index is 0.0105. The van der Waals surface area contributed by atoms with Gasteiger partial charge in [0, 0.05) is 10.4 Å². The van der Waals surface area contributed by atoms with Crippen LogP contribution in [0.1, 0.15) is 25.0 Å². The molecule has 0 fully saturated rings. The summed E-state index contributed by atoms with van der Waals surface area (Å²) in [5.41, 5.74) is 0.570. The first kappa shape index (κ1) is 41.2. The fraction of sp³-hybridized carbons (Fsp3) is 0.0667. The summed E-state index contributed by atoms with van der Waals surface area (Å²) >= 11 is 5.90. The van der Waals surface area contributed by atoms with Crippen molar-refractivity contribution < 1.29 is 44.0 Å². The highest BCUT2D eigenvalue weighted by Crippen LogP contribution is 2.38. The molecule has 0 unspecified atom stereocenters. The first-order valence-electron chi connectivity index (χ1n) is 17.9. The van der Waals surface area contributed by atoms with Crippen LogP contribution < -0.4 is 14.2 Å². The molecule has 0 aromatic heterocycles. The second-order valence-corrected chi connectivity index (χ2v) is 19.5. The summed E-state index contributed by atoms with van der Waals surface area (Å²) in [7, 11) is -12.4. The zero-order valence-corrected chi connectivity index (χ0v) is 34.6. The molecule has 7 rings (SSSR count). The minimum atomic E-state index is -4.78. The Labute approximate surface area is 347 Å². The monoisotopic (exact) mass is 866 g/mol. The Morgan fingerprint density at radius 1 is 0.441 bits per heavy atom. The molecule has 0 radical (unpaired) electrons. The third kappa shape index (κ3) is 9.20. The number of benzene rings is 7. The molecule has 0 atom stereocenters. The number of ether oxygens (including phenoxy) is 3. The van der Waals surface area contributed by atoms with E-state index >= 15 is 0 Å². The van der Waals surface area contributed by atoms with E-state index in [2.05, 4.69) is 0 Å². The van der Waals surface area contributed by atoms with E-state index in [9.17, 15) is 29.8 Å². The van der Waals surface area contributed by atoms with E-state index in [1.165, 1.54) is 84.9 Å². The lowest BCUT2D eigenvalue weighted by Gasteiger charge is -2.27. The lowest BCUT2D eigenvalue weighted by Crippen LogP contribution is -2.19. The molecule has 59 heavy (non-hydrogen) atoms. The van der Waals surface area contributed by atoms with E-state index in [0.29, 0.717) is 33.6 Å². The molecule has 14 heteroatoms. The Morgan fingerprint density at radius 2 is 0.797 bits per heavy atom. The van der Waals surface area contributed by atoms with Gasteiger partial charge in [0.25, 0.3) is 10.1 Å². The van der Waals surface area contributed by atoms with Crippen LogP contribution >= 0.6 is 11.6 Å². The first-order chi connectivity index (χ1) is 28.0. The van der Waals surface area contributed by atoms with Crippen molar-refractivity contribution in [3.63, 3.8) is 0 Å². The lowest BCUT2D eigenvalue weighted by molar-refractivity contribution is 0.448. The molecule has 1 N–H and O–H groups in total. The van der Waals surface area contributed by atoms with Gasteiger partial charge < -0.3 is 14.2 Å². The maximum absolute atomic E-state index is 13.4. The Balaban J connectivity index is 1.04. The van der Waals surface area contributed by atoms with Crippen LogP contribution in [-0.2, 0) is 35.2 Å². The fourth-order valence-electron chi connectivity index (χ4n) is 6.12. The van der Waals surface area contributed by atoms with Gasteiger partial charge in [0.1, 0.15) is 39.4 Å². The molecule has 0 aliphatic carbocycles. The van der Waals surface area contributed by atoms with Gasteiger partial charge in [-0.3, -0.25) is 4.55 Å². The third-order valence-electron chi connectivity index (χ3n) is 9.49. The molecule has 10 nitrogen and oxygen atoms in total. The van der Waals surface area contributed by atoms with Crippen LogP contribution in [0.3, 0.4) is 0 Å². The van der Waals surface area contributed by atoms with E-state index in [-0.39, 0.29) is 31.1 Å². The predicted molar refractivity (Wildman–Crippen MR) is 223 cm³/mol. The quantitative estimate of drug-likeness (QED) is 0.111. The summed E-state index contributed by atoms with van der Waals surface area (Å²) in [5.74, 6) is 1.96. The van der Waals surface area contributed by atoms with Crippen LogP contribution in [-0.4, -0.2) is 29.8 Å². The standard InChI is InChI=1S/C45H35ClO10S3/c1-45(2,31-8-13-35(14-9-31)55-37-17-25-40(26-18-37)57(47,48)39-21-11-33(46)12-22-39)32-10-29-43(44(30-32)59(51,52)53)56-38-19-27-42(28-20-38)58(49,50)41-23-15-36(16-24-41)54-34-6-4-3-5-7-34/h3-30H,1-2H3,(H,51,52,53). The number of sulfone groups is 2. The Hall–Kier alpha value is -5.96. The topological polar surface area (TPSA) is 150 Å². The van der Waals surface area contributed by atoms with Crippen molar-refractivity contribution in [3.8, 4) is 34.5 Å². The van der Waals surface area contributed by atoms with Crippen molar-refractivity contribution in [1.82, 2.24) is 0 Å². The second kappa shape index (κ2) is 16.4. The van der Waals surface area contributed by atoms with Crippen molar-refractivity contribution in [3.05, 3.63) is 186 Å². The number of hydrogen-bond acceptors (Lipinski definition) is 9. The molecule has 0 saturated carbocycles. The normalized spacial score (nSPS) is 12.1. The van der Waals surface area contributed by atoms with Gasteiger partial charge in [0.05, 0.1) is 19.6 Å². The maximum atomic E-state index is 13.4. The molecule has 0 bridgehead atoms. The molecule has 0 spiro atoms. The Morgan fingerprint density at radius 3 is 1.22 bits per heavy atom. The molecule has 7 aromatic rings. The highest BCUT2D eigenvalue weighted by Gasteiger charge is 2.28. The summed E-state index contributed by atoms with van der Waals surface area (Å²) in [6.07, 6.45) is 0. The second-order valence-electron chi connectivity index (χ2n) is 13.8. The Kier molecular flexibility index (Phi) is 11.4. The zero-order chi connectivity index (χ0) is 42.0. The third-order valence-corrected chi connectivity index (χ3v) is 14.2. The summed E-state index contributed by atoms with van der Waals surface area (Å²) in [4.78, 5) is -0.212. The largest absolute Gasteiger partial charge is 0.457 e. The van der Waals surface area contributed by atoms with Crippen LogP contribution in [0.2, 0.25) is 5.02 Å².